The third kappa shape index (κ3) is 22.7. The van der Waals surface area contributed by atoms with Gasteiger partial charge in [-0.2, -0.15) is 26.3 Å². The van der Waals surface area contributed by atoms with Crippen LogP contribution in [0.5, 0.6) is 17.2 Å². The van der Waals surface area contributed by atoms with Crippen molar-refractivity contribution in [3.63, 3.8) is 0 Å². The van der Waals surface area contributed by atoms with Gasteiger partial charge in [0.25, 0.3) is 6.43 Å². The molecule has 25 heteroatoms. The summed E-state index contributed by atoms with van der Waals surface area (Å²) in [4.78, 5) is 0. The molecule has 0 aliphatic carbocycles. The van der Waals surface area contributed by atoms with Crippen LogP contribution in [0, 0.1) is 64.0 Å². The molecule has 0 amide bonds. The van der Waals surface area contributed by atoms with Crippen molar-refractivity contribution in [1.29, 1.82) is 0 Å². The number of halogens is 22. The molecule has 9 rings (SSSR count). The molecule has 99 heavy (non-hydrogen) atoms. The van der Waals surface area contributed by atoms with Gasteiger partial charge in [-0.15, -0.1) is 0 Å². The summed E-state index contributed by atoms with van der Waals surface area (Å²) in [5, 5.41) is 0. The normalized spacial score (nSPS) is 11.5. The third-order valence-electron chi connectivity index (χ3n) is 14.9. The maximum atomic E-state index is 14.8. The molecule has 0 unspecified atom stereocenters. The topological polar surface area (TPSA) is 27.7 Å². The van der Waals surface area contributed by atoms with Crippen LogP contribution in [0.25, 0.3) is 66.8 Å². The highest BCUT2D eigenvalue weighted by Gasteiger charge is 2.30. The van der Waals surface area contributed by atoms with E-state index in [9.17, 15) is 96.6 Å². The van der Waals surface area contributed by atoms with Crippen LogP contribution in [0.4, 0.5) is 96.6 Å². The highest BCUT2D eigenvalue weighted by Crippen LogP contribution is 2.38. The van der Waals surface area contributed by atoms with Crippen LogP contribution in [-0.2, 0) is 19.3 Å². The van der Waals surface area contributed by atoms with Crippen molar-refractivity contribution in [2.45, 2.75) is 89.4 Å². The molecule has 0 saturated heterocycles. The van der Waals surface area contributed by atoms with Gasteiger partial charge in [-0.05, 0) is 198 Å². The van der Waals surface area contributed by atoms with Gasteiger partial charge in [-0.1, -0.05) is 79.6 Å². The lowest BCUT2D eigenvalue weighted by molar-refractivity contribution is -0.154. The SMILES string of the molecule is FCCCCCCc1cc(F)c(-c2ccc(-c3ccc(OCC(F)(F)F)c(F)c3)c(F)c2)c(F)c1.FCCCCc1cc(F)c(-c2ccc(-c3cc(F)c(OCC(F)F)c(F)c3)cc2)c(F)c1.FCCCCc1ccc(-c2cc(F)c(-c3ccc(OCC(F)(F)F)cc3)c(F)c2)c(F)c1. The summed E-state index contributed by atoms with van der Waals surface area (Å²) in [7, 11) is 0. The lowest BCUT2D eigenvalue weighted by Gasteiger charge is -2.12. The molecule has 528 valence electrons. The van der Waals surface area contributed by atoms with Crippen LogP contribution in [0.2, 0.25) is 0 Å². The second-order valence-corrected chi connectivity index (χ2v) is 22.4. The molecule has 0 saturated carbocycles. The molecular weight excluding hydrogens is 1350 g/mol. The van der Waals surface area contributed by atoms with Gasteiger partial charge in [0.1, 0.15) is 58.9 Å². The zero-order valence-corrected chi connectivity index (χ0v) is 52.1. The van der Waals surface area contributed by atoms with Crippen LogP contribution < -0.4 is 14.2 Å². The minimum Gasteiger partial charge on any atom is -0.484 e. The number of hydrogen-bond acceptors (Lipinski definition) is 3. The van der Waals surface area contributed by atoms with E-state index in [0.717, 1.165) is 48.9 Å². The number of ether oxygens (including phenoxy) is 3. The molecule has 9 aromatic rings. The van der Waals surface area contributed by atoms with Gasteiger partial charge < -0.3 is 14.2 Å². The van der Waals surface area contributed by atoms with Gasteiger partial charge in [-0.25, -0.2) is 57.1 Å². The molecule has 0 bridgehead atoms. The van der Waals surface area contributed by atoms with E-state index in [-0.39, 0.29) is 61.4 Å². The van der Waals surface area contributed by atoms with Crippen molar-refractivity contribution in [3.8, 4) is 84.0 Å². The second-order valence-electron chi connectivity index (χ2n) is 22.4. The van der Waals surface area contributed by atoms with Crippen molar-refractivity contribution in [2.75, 3.05) is 39.8 Å². The summed E-state index contributed by atoms with van der Waals surface area (Å²) in [6.45, 7) is -5.65. The summed E-state index contributed by atoms with van der Waals surface area (Å²) >= 11 is 0. The van der Waals surface area contributed by atoms with Crippen LogP contribution in [0.3, 0.4) is 0 Å². The number of alkyl halides is 11. The zero-order chi connectivity index (χ0) is 72.1. The molecule has 0 N–H and O–H groups in total. The van der Waals surface area contributed by atoms with E-state index in [1.807, 2.05) is 0 Å². The zero-order valence-electron chi connectivity index (χ0n) is 52.1. The molecule has 0 aliphatic rings. The monoisotopic (exact) mass is 1410 g/mol. The number of unbranched alkanes of at least 4 members (excludes halogenated alkanes) is 5. The van der Waals surface area contributed by atoms with Crippen LogP contribution in [0.1, 0.15) is 68.1 Å². The summed E-state index contributed by atoms with van der Waals surface area (Å²) < 4.78 is 307. The predicted molar refractivity (Wildman–Crippen MR) is 332 cm³/mol. The summed E-state index contributed by atoms with van der Waals surface area (Å²) in [5.74, 6) is -11.8. The lowest BCUT2D eigenvalue weighted by atomic mass is 9.97. The Morgan fingerprint density at radius 2 is 0.657 bits per heavy atom. The van der Waals surface area contributed by atoms with Gasteiger partial charge in [0.05, 0.1) is 36.7 Å². The van der Waals surface area contributed by atoms with Gasteiger partial charge in [0, 0.05) is 11.1 Å². The van der Waals surface area contributed by atoms with Crippen LogP contribution in [-0.4, -0.2) is 58.6 Å². The number of aryl methyl sites for hydroxylation is 3. The molecule has 0 atom stereocenters. The molecule has 9 aromatic carbocycles. The van der Waals surface area contributed by atoms with Crippen molar-refractivity contribution in [1.82, 2.24) is 0 Å². The largest absolute Gasteiger partial charge is 0.484 e. The first-order valence-electron chi connectivity index (χ1n) is 30.6. The molecule has 0 fully saturated rings. The van der Waals surface area contributed by atoms with E-state index in [4.69, 9.17) is 0 Å². The second kappa shape index (κ2) is 36.1. The highest BCUT2D eigenvalue weighted by molar-refractivity contribution is 5.75. The fourth-order valence-electron chi connectivity index (χ4n) is 10.2. The Hall–Kier alpha value is -9.16. The van der Waals surface area contributed by atoms with E-state index in [0.29, 0.717) is 86.5 Å². The smallest absolute Gasteiger partial charge is 0.422 e. The minimum atomic E-state index is -4.65. The van der Waals surface area contributed by atoms with Crippen molar-refractivity contribution >= 4 is 0 Å². The number of rotatable bonds is 27. The van der Waals surface area contributed by atoms with Gasteiger partial charge in [0.2, 0.25) is 0 Å². The number of benzene rings is 9. The number of hydrogen-bond donors (Lipinski definition) is 0. The molecule has 0 radical (unpaired) electrons. The van der Waals surface area contributed by atoms with E-state index in [2.05, 4.69) is 14.2 Å². The average Bonchev–Trinajstić information content (AvgIpc) is 0.804. The Bertz CT molecular complexity index is 4020. The first kappa shape index (κ1) is 77.2. The predicted octanol–water partition coefficient (Wildman–Crippen LogP) is 23.8. The molecule has 0 aromatic heterocycles. The van der Waals surface area contributed by atoms with Crippen LogP contribution in [0.15, 0.2) is 152 Å². The fraction of sp³-hybridized carbons (Fsp3) is 0.270. The summed E-state index contributed by atoms with van der Waals surface area (Å²) in [6.07, 6.45) is -6.52. The Balaban J connectivity index is 0.000000209. The lowest BCUT2D eigenvalue weighted by Crippen LogP contribution is -2.19. The Kier molecular flexibility index (Phi) is 28.1. The summed E-state index contributed by atoms with van der Waals surface area (Å²) in [6, 6.07) is 29.7. The van der Waals surface area contributed by atoms with Gasteiger partial charge in [-0.3, -0.25) is 13.2 Å². The quantitative estimate of drug-likeness (QED) is 0.0379. The first-order valence-corrected chi connectivity index (χ1v) is 30.6. The standard InChI is InChI=1S/C26H22F8O.2C24H19F7O/c27-10-4-2-1-3-5-16-11-22(30)25(23(31)12-16)18-6-8-19(20(28)14-18)17-7-9-24(21(29)13-17)35-15-26(32,33)34;25-10-2-1-3-15-4-9-19(20(26)11-15)17-12-21(27)23(22(28)13-17)16-5-7-18(8-6-16)32-14-24(29,30)31;25-8-2-1-3-14-9-18(26)23(19(27)10-14)16-6-4-15(5-7-16)17-11-20(28)24(21(29)12-17)32-13-22(30)31/h6-9,11-14H,1-5,10,15H2;4-9,11-13H,1-3,10,14H2;4-7,9-12,22H,1-3,8,13H2. The molecular formula is C74H60F22O3. The maximum Gasteiger partial charge on any atom is 0.422 e. The van der Waals surface area contributed by atoms with Gasteiger partial charge >= 0.3 is 12.4 Å². The fourth-order valence-corrected chi connectivity index (χ4v) is 10.2. The summed E-state index contributed by atoms with van der Waals surface area (Å²) in [5.41, 5.74) is 1.06. The van der Waals surface area contributed by atoms with Crippen molar-refractivity contribution in [2.24, 2.45) is 0 Å². The third-order valence-corrected chi connectivity index (χ3v) is 14.9. The van der Waals surface area contributed by atoms with Crippen molar-refractivity contribution in [3.05, 3.63) is 232 Å². The molecule has 0 spiro atoms. The minimum absolute atomic E-state index is 0.00156. The van der Waals surface area contributed by atoms with E-state index >= 15 is 0 Å². The Morgan fingerprint density at radius 1 is 0.293 bits per heavy atom. The first-order chi connectivity index (χ1) is 47.1. The van der Waals surface area contributed by atoms with Crippen LogP contribution >= 0.6 is 0 Å². The van der Waals surface area contributed by atoms with E-state index < -0.39 is 140 Å². The van der Waals surface area contributed by atoms with E-state index in [1.165, 1.54) is 103 Å². The average molecular weight is 1420 g/mol. The Morgan fingerprint density at radius 3 is 1.14 bits per heavy atom. The Labute approximate surface area is 554 Å². The van der Waals surface area contributed by atoms with Crippen molar-refractivity contribution < 1.29 is 111 Å². The molecule has 0 heterocycles. The van der Waals surface area contributed by atoms with E-state index in [1.54, 1.807) is 6.07 Å². The highest BCUT2D eigenvalue weighted by atomic mass is 19.4. The molecule has 0 aliphatic heterocycles. The molecule has 3 nitrogen and oxygen atoms in total. The van der Waals surface area contributed by atoms with Gasteiger partial charge in [0.15, 0.2) is 42.2 Å². The maximum absolute atomic E-state index is 14.8.